The number of aryl methyl sites for hydroxylation is 2. The number of rotatable bonds is 8. The number of fused-ring (bicyclic) bond motifs is 6. The standard InChI is InChI=1S/C25H32N6O2/c1-16-29-19-7-3-4-8-20(19)30(16)13-5-11-27-25(26-2)28-12-6-14-31-23(32)21-17-9-10-18(15-17)22(21)24(31)33/h3-4,7-10,17-18,21-22H,5-6,11-15H2,1-2H3,(H2,26,27,28). The molecule has 1 aromatic heterocycles. The van der Waals surface area contributed by atoms with Crippen LogP contribution in [0.1, 0.15) is 25.1 Å². The molecule has 1 saturated carbocycles. The average molecular weight is 449 g/mol. The van der Waals surface area contributed by atoms with E-state index in [2.05, 4.69) is 43.4 Å². The highest BCUT2D eigenvalue weighted by molar-refractivity contribution is 6.06. The molecule has 2 heterocycles. The van der Waals surface area contributed by atoms with Crippen LogP contribution >= 0.6 is 0 Å². The van der Waals surface area contributed by atoms with E-state index < -0.39 is 0 Å². The topological polar surface area (TPSA) is 91.6 Å². The molecule has 4 unspecified atom stereocenters. The van der Waals surface area contributed by atoms with Crippen molar-refractivity contribution < 1.29 is 9.59 Å². The number of carbonyl (C=O) groups is 2. The molecule has 0 radical (unpaired) electrons. The Morgan fingerprint density at radius 1 is 1.03 bits per heavy atom. The average Bonchev–Trinajstić information content (AvgIpc) is 3.56. The van der Waals surface area contributed by atoms with Crippen LogP contribution in [0.2, 0.25) is 0 Å². The minimum Gasteiger partial charge on any atom is -0.356 e. The van der Waals surface area contributed by atoms with Gasteiger partial charge in [0.15, 0.2) is 5.96 Å². The third kappa shape index (κ3) is 3.92. The van der Waals surface area contributed by atoms with Crippen molar-refractivity contribution in [3.63, 3.8) is 0 Å². The van der Waals surface area contributed by atoms with E-state index in [1.807, 2.05) is 25.1 Å². The fourth-order valence-electron chi connectivity index (χ4n) is 5.77. The number of guanidine groups is 1. The molecule has 2 amide bonds. The van der Waals surface area contributed by atoms with Gasteiger partial charge in [-0.05, 0) is 50.2 Å². The van der Waals surface area contributed by atoms with Crippen LogP contribution in [0.4, 0.5) is 0 Å². The zero-order valence-corrected chi connectivity index (χ0v) is 19.3. The second kappa shape index (κ2) is 9.00. The second-order valence-electron chi connectivity index (χ2n) is 9.26. The number of nitrogens with zero attached hydrogens (tertiary/aromatic N) is 4. The molecule has 8 heteroatoms. The van der Waals surface area contributed by atoms with Crippen molar-refractivity contribution in [2.45, 2.75) is 32.7 Å². The number of hydrogen-bond donors (Lipinski definition) is 2. The van der Waals surface area contributed by atoms with Crippen LogP contribution in [0.3, 0.4) is 0 Å². The fourth-order valence-corrected chi connectivity index (χ4v) is 5.77. The summed E-state index contributed by atoms with van der Waals surface area (Å²) in [4.78, 5) is 35.9. The van der Waals surface area contributed by atoms with Gasteiger partial charge in [0.1, 0.15) is 5.82 Å². The lowest BCUT2D eigenvalue weighted by molar-refractivity contribution is -0.140. The Bertz CT molecular complexity index is 1090. The second-order valence-corrected chi connectivity index (χ2v) is 9.26. The number of imide groups is 1. The maximum atomic E-state index is 12.8. The van der Waals surface area contributed by atoms with Gasteiger partial charge in [0.05, 0.1) is 22.9 Å². The third-order valence-electron chi connectivity index (χ3n) is 7.33. The zero-order valence-electron chi connectivity index (χ0n) is 19.3. The summed E-state index contributed by atoms with van der Waals surface area (Å²) >= 11 is 0. The van der Waals surface area contributed by atoms with Crippen LogP contribution in [0.15, 0.2) is 41.4 Å². The molecular formula is C25H32N6O2. The molecule has 5 rings (SSSR count). The van der Waals surface area contributed by atoms with Crippen LogP contribution < -0.4 is 10.6 Å². The van der Waals surface area contributed by atoms with Crippen LogP contribution in [0.25, 0.3) is 11.0 Å². The van der Waals surface area contributed by atoms with Crippen LogP contribution in [0, 0.1) is 30.6 Å². The number of nitrogens with one attached hydrogen (secondary N) is 2. The van der Waals surface area contributed by atoms with Crippen LogP contribution in [-0.4, -0.2) is 58.9 Å². The zero-order chi connectivity index (χ0) is 22.9. The molecule has 2 aromatic rings. The van der Waals surface area contributed by atoms with E-state index in [4.69, 9.17) is 0 Å². The number of hydrogen-bond acceptors (Lipinski definition) is 4. The van der Waals surface area contributed by atoms with Crippen molar-refractivity contribution in [3.05, 3.63) is 42.2 Å². The molecule has 3 aliphatic rings. The van der Waals surface area contributed by atoms with E-state index in [0.29, 0.717) is 19.5 Å². The monoisotopic (exact) mass is 448 g/mol. The summed E-state index contributed by atoms with van der Waals surface area (Å²) in [5.74, 6) is 2.16. The first kappa shape index (κ1) is 21.7. The number of carbonyl (C=O) groups excluding carboxylic acids is 2. The first-order valence-corrected chi connectivity index (χ1v) is 12.0. The molecule has 2 fully saturated rings. The molecule has 4 atom stereocenters. The highest BCUT2D eigenvalue weighted by Crippen LogP contribution is 2.52. The van der Waals surface area contributed by atoms with Crippen molar-refractivity contribution in [1.82, 2.24) is 25.1 Å². The van der Waals surface area contributed by atoms with Gasteiger partial charge in [0.25, 0.3) is 0 Å². The van der Waals surface area contributed by atoms with Crippen molar-refractivity contribution in [3.8, 4) is 0 Å². The van der Waals surface area contributed by atoms with Crippen molar-refractivity contribution in [1.29, 1.82) is 0 Å². The Balaban J connectivity index is 1.03. The minimum atomic E-state index is -0.105. The lowest BCUT2D eigenvalue weighted by Gasteiger charge is -2.18. The SMILES string of the molecule is CN=C(NCCCN1C(=O)C2C3C=CC(C3)C2C1=O)NCCCn1c(C)nc2ccccc21. The first-order chi connectivity index (χ1) is 16.1. The first-order valence-electron chi connectivity index (χ1n) is 12.0. The van der Waals surface area contributed by atoms with E-state index in [0.717, 1.165) is 48.7 Å². The van der Waals surface area contributed by atoms with Crippen LogP contribution in [-0.2, 0) is 16.1 Å². The summed E-state index contributed by atoms with van der Waals surface area (Å²) in [7, 11) is 1.75. The number of aliphatic imine (C=N–C) groups is 1. The molecule has 0 spiro atoms. The fraction of sp³-hybridized carbons (Fsp3) is 0.520. The van der Waals surface area contributed by atoms with E-state index in [-0.39, 0.29) is 35.5 Å². The van der Waals surface area contributed by atoms with E-state index in [9.17, 15) is 9.59 Å². The van der Waals surface area contributed by atoms with E-state index in [1.165, 1.54) is 4.90 Å². The van der Waals surface area contributed by atoms with Crippen LogP contribution in [0.5, 0.6) is 0 Å². The van der Waals surface area contributed by atoms with E-state index in [1.54, 1.807) is 7.05 Å². The predicted molar refractivity (Wildman–Crippen MR) is 128 cm³/mol. The maximum Gasteiger partial charge on any atom is 0.233 e. The molecule has 1 aromatic carbocycles. The largest absolute Gasteiger partial charge is 0.356 e. The lowest BCUT2D eigenvalue weighted by atomic mass is 9.85. The number of amides is 2. The number of likely N-dealkylation sites (tertiary alicyclic amines) is 1. The summed E-state index contributed by atoms with van der Waals surface area (Å²) < 4.78 is 2.24. The maximum absolute atomic E-state index is 12.8. The Labute approximate surface area is 194 Å². The number of imidazole rings is 1. The molecule has 33 heavy (non-hydrogen) atoms. The van der Waals surface area contributed by atoms with Gasteiger partial charge >= 0.3 is 0 Å². The number of para-hydroxylation sites is 2. The minimum absolute atomic E-state index is 0.0340. The summed E-state index contributed by atoms with van der Waals surface area (Å²) in [6, 6.07) is 8.20. The molecule has 174 valence electrons. The molecule has 1 aliphatic heterocycles. The molecular weight excluding hydrogens is 416 g/mol. The van der Waals surface area contributed by atoms with Gasteiger partial charge < -0.3 is 15.2 Å². The Hall–Kier alpha value is -3.16. The van der Waals surface area contributed by atoms with Gasteiger partial charge in [0.2, 0.25) is 11.8 Å². The van der Waals surface area contributed by atoms with Gasteiger partial charge in [0, 0.05) is 33.2 Å². The summed E-state index contributed by atoms with van der Waals surface area (Å²) in [5.41, 5.74) is 2.19. The summed E-state index contributed by atoms with van der Waals surface area (Å²) in [5, 5.41) is 6.64. The number of benzene rings is 1. The normalized spacial score (nSPS) is 26.0. The predicted octanol–water partition coefficient (Wildman–Crippen LogP) is 2.10. The number of allylic oxidation sites excluding steroid dienone is 2. The Morgan fingerprint density at radius 3 is 2.33 bits per heavy atom. The highest BCUT2D eigenvalue weighted by Gasteiger charge is 2.58. The van der Waals surface area contributed by atoms with Gasteiger partial charge in [-0.3, -0.25) is 19.5 Å². The molecule has 8 nitrogen and oxygen atoms in total. The molecule has 2 N–H and O–H groups in total. The van der Waals surface area contributed by atoms with Gasteiger partial charge in [-0.2, -0.15) is 0 Å². The molecule has 2 bridgehead atoms. The Morgan fingerprint density at radius 2 is 1.67 bits per heavy atom. The van der Waals surface area contributed by atoms with Gasteiger partial charge in [-0.1, -0.05) is 24.3 Å². The quantitative estimate of drug-likeness (QED) is 0.212. The summed E-state index contributed by atoms with van der Waals surface area (Å²) in [6.45, 7) is 4.84. The number of aromatic nitrogens is 2. The lowest BCUT2D eigenvalue weighted by Crippen LogP contribution is -2.40. The van der Waals surface area contributed by atoms with Gasteiger partial charge in [-0.15, -0.1) is 0 Å². The summed E-state index contributed by atoms with van der Waals surface area (Å²) in [6.07, 6.45) is 6.89. The smallest absolute Gasteiger partial charge is 0.233 e. The van der Waals surface area contributed by atoms with Crippen molar-refractivity contribution in [2.75, 3.05) is 26.7 Å². The third-order valence-corrected chi connectivity index (χ3v) is 7.33. The van der Waals surface area contributed by atoms with Crippen molar-refractivity contribution >= 4 is 28.8 Å². The molecule has 2 aliphatic carbocycles. The van der Waals surface area contributed by atoms with Gasteiger partial charge in [-0.25, -0.2) is 4.98 Å². The molecule has 1 saturated heterocycles. The Kier molecular flexibility index (Phi) is 5.91. The van der Waals surface area contributed by atoms with E-state index >= 15 is 0 Å². The van der Waals surface area contributed by atoms with Crippen molar-refractivity contribution in [2.24, 2.45) is 28.7 Å². The highest BCUT2D eigenvalue weighted by atomic mass is 16.2.